The van der Waals surface area contributed by atoms with Crippen molar-refractivity contribution in [1.29, 1.82) is 0 Å². The van der Waals surface area contributed by atoms with Crippen LogP contribution in [0.15, 0.2) is 53.5 Å². The van der Waals surface area contributed by atoms with Crippen molar-refractivity contribution in [2.75, 3.05) is 0 Å². The molecule has 1 saturated carbocycles. The minimum Gasteiger partial charge on any atom is -0.490 e. The van der Waals surface area contributed by atoms with Crippen molar-refractivity contribution in [2.24, 2.45) is 0 Å². The molecule has 3 heterocycles. The zero-order valence-electron chi connectivity index (χ0n) is 14.4. The van der Waals surface area contributed by atoms with Crippen LogP contribution in [0.5, 0.6) is 5.75 Å². The number of hydrogen-bond donors (Lipinski definition) is 0. The van der Waals surface area contributed by atoms with E-state index in [-0.39, 0.29) is 5.69 Å². The van der Waals surface area contributed by atoms with Crippen molar-refractivity contribution in [3.63, 3.8) is 0 Å². The Morgan fingerprint density at radius 1 is 1.08 bits per heavy atom. The molecule has 1 aliphatic carbocycles. The van der Waals surface area contributed by atoms with Gasteiger partial charge in [0, 0.05) is 25.1 Å². The van der Waals surface area contributed by atoms with E-state index in [0.29, 0.717) is 24.4 Å². The Morgan fingerprint density at radius 3 is 2.81 bits per heavy atom. The van der Waals surface area contributed by atoms with Gasteiger partial charge >= 0.3 is 5.69 Å². The lowest BCUT2D eigenvalue weighted by Crippen LogP contribution is -2.29. The summed E-state index contributed by atoms with van der Waals surface area (Å²) in [5.74, 6) is 2.63. The minimum atomic E-state index is -0.117. The fraction of sp³-hybridized carbons (Fsp3) is 0.350. The second-order valence-corrected chi connectivity index (χ2v) is 7.03. The molecule has 0 spiro atoms. The summed E-state index contributed by atoms with van der Waals surface area (Å²) in [6, 6.07) is 13.8. The summed E-state index contributed by atoms with van der Waals surface area (Å²) in [7, 11) is 0. The van der Waals surface area contributed by atoms with E-state index in [1.807, 2.05) is 24.3 Å². The minimum absolute atomic E-state index is 0.117. The number of ether oxygens (including phenoxy) is 1. The normalized spacial score (nSPS) is 19.2. The number of rotatable bonds is 4. The van der Waals surface area contributed by atoms with Gasteiger partial charge in [0.1, 0.15) is 11.6 Å². The molecule has 26 heavy (non-hydrogen) atoms. The summed E-state index contributed by atoms with van der Waals surface area (Å²) in [6.07, 6.45) is 6.13. The van der Waals surface area contributed by atoms with Gasteiger partial charge in [0.25, 0.3) is 0 Å². The number of nitrogens with zero attached hydrogens (tertiary/aromatic N) is 4. The van der Waals surface area contributed by atoms with Gasteiger partial charge in [-0.1, -0.05) is 18.2 Å². The average molecular weight is 348 g/mol. The van der Waals surface area contributed by atoms with Gasteiger partial charge in [-0.25, -0.2) is 9.78 Å². The van der Waals surface area contributed by atoms with Crippen molar-refractivity contribution in [1.82, 2.24) is 19.3 Å². The van der Waals surface area contributed by atoms with Crippen LogP contribution in [0.4, 0.5) is 0 Å². The number of hydrogen-bond acceptors (Lipinski definition) is 4. The summed E-state index contributed by atoms with van der Waals surface area (Å²) < 4.78 is 9.11. The molecule has 1 fully saturated rings. The first-order valence-corrected chi connectivity index (χ1v) is 9.15. The quantitative estimate of drug-likeness (QED) is 0.727. The van der Waals surface area contributed by atoms with E-state index in [4.69, 9.17) is 4.74 Å². The number of benzene rings is 1. The van der Waals surface area contributed by atoms with Gasteiger partial charge in [-0.2, -0.15) is 4.68 Å². The summed E-state index contributed by atoms with van der Waals surface area (Å²) in [4.78, 5) is 17.1. The van der Waals surface area contributed by atoms with Crippen LogP contribution in [-0.4, -0.2) is 25.4 Å². The van der Waals surface area contributed by atoms with Crippen molar-refractivity contribution in [2.45, 2.75) is 44.2 Å². The van der Waals surface area contributed by atoms with Crippen LogP contribution < -0.4 is 10.4 Å². The fourth-order valence-corrected chi connectivity index (χ4v) is 3.54. The molecule has 2 aromatic heterocycles. The van der Waals surface area contributed by atoms with E-state index in [1.165, 1.54) is 10.2 Å². The van der Waals surface area contributed by atoms with Crippen LogP contribution in [-0.2, 0) is 13.0 Å². The third-order valence-corrected chi connectivity index (χ3v) is 5.08. The number of pyridine rings is 1. The second kappa shape index (κ2) is 6.12. The molecule has 132 valence electrons. The standard InChI is InChI=1S/C20H20N4O2/c25-20-23-13-15(14-4-3-5-17(12-14)26-16-8-9-16)7-10-19(23)22-24(20)18-6-1-2-11-21-18/h1-6,11-12,15-16H,7-10,13H2. The molecule has 1 aromatic carbocycles. The van der Waals surface area contributed by atoms with Crippen LogP contribution in [0.3, 0.4) is 0 Å². The number of aryl methyl sites for hydroxylation is 1. The maximum atomic E-state index is 12.8. The highest BCUT2D eigenvalue weighted by Gasteiger charge is 2.27. The second-order valence-electron chi connectivity index (χ2n) is 7.03. The van der Waals surface area contributed by atoms with Crippen LogP contribution in [0.25, 0.3) is 5.82 Å². The van der Waals surface area contributed by atoms with Gasteiger partial charge in [-0.15, -0.1) is 5.10 Å². The molecule has 1 aliphatic heterocycles. The molecule has 3 aromatic rings. The van der Waals surface area contributed by atoms with E-state index in [0.717, 1.165) is 37.3 Å². The lowest BCUT2D eigenvalue weighted by Gasteiger charge is -2.23. The third kappa shape index (κ3) is 2.81. The highest BCUT2D eigenvalue weighted by molar-refractivity contribution is 5.32. The molecule has 0 saturated heterocycles. The Bertz CT molecular complexity index is 989. The van der Waals surface area contributed by atoms with E-state index in [1.54, 1.807) is 16.8 Å². The SMILES string of the molecule is O=c1n(-c2ccccn2)nc2n1CC(c1cccc(OC3CC3)c1)CC2. The Hall–Kier alpha value is -2.89. The van der Waals surface area contributed by atoms with E-state index < -0.39 is 0 Å². The lowest BCUT2D eigenvalue weighted by atomic mass is 9.91. The van der Waals surface area contributed by atoms with Crippen molar-refractivity contribution < 1.29 is 4.74 Å². The fourth-order valence-electron chi connectivity index (χ4n) is 3.54. The first kappa shape index (κ1) is 15.4. The summed E-state index contributed by atoms with van der Waals surface area (Å²) in [5.41, 5.74) is 1.11. The Labute approximate surface area is 151 Å². The van der Waals surface area contributed by atoms with Crippen LogP contribution >= 0.6 is 0 Å². The Balaban J connectivity index is 1.43. The monoisotopic (exact) mass is 348 g/mol. The predicted molar refractivity (Wildman–Crippen MR) is 96.8 cm³/mol. The van der Waals surface area contributed by atoms with Crippen molar-refractivity contribution in [3.05, 3.63) is 70.5 Å². The molecule has 5 rings (SSSR count). The topological polar surface area (TPSA) is 61.9 Å². The third-order valence-electron chi connectivity index (χ3n) is 5.08. The molecule has 2 aliphatic rings. The maximum Gasteiger partial charge on any atom is 0.352 e. The van der Waals surface area contributed by atoms with E-state index in [2.05, 4.69) is 22.2 Å². The lowest BCUT2D eigenvalue weighted by molar-refractivity contribution is 0.302. The van der Waals surface area contributed by atoms with Crippen molar-refractivity contribution in [3.8, 4) is 11.6 Å². The largest absolute Gasteiger partial charge is 0.490 e. The zero-order chi connectivity index (χ0) is 17.5. The maximum absolute atomic E-state index is 12.8. The molecule has 0 bridgehead atoms. The van der Waals surface area contributed by atoms with Crippen LogP contribution in [0.2, 0.25) is 0 Å². The molecule has 6 heteroatoms. The Kier molecular flexibility index (Phi) is 3.62. The van der Waals surface area contributed by atoms with E-state index >= 15 is 0 Å². The van der Waals surface area contributed by atoms with Gasteiger partial charge < -0.3 is 4.74 Å². The molecule has 0 amide bonds. The van der Waals surface area contributed by atoms with Gasteiger partial charge in [0.05, 0.1) is 6.10 Å². The molecule has 1 atom stereocenters. The highest BCUT2D eigenvalue weighted by Crippen LogP contribution is 2.32. The average Bonchev–Trinajstić information content (AvgIpc) is 3.44. The van der Waals surface area contributed by atoms with Gasteiger partial charge in [-0.3, -0.25) is 4.57 Å². The smallest absolute Gasteiger partial charge is 0.352 e. The molecule has 6 nitrogen and oxygen atoms in total. The molecular weight excluding hydrogens is 328 g/mol. The van der Waals surface area contributed by atoms with Gasteiger partial charge in [0.15, 0.2) is 5.82 Å². The molecule has 1 unspecified atom stereocenters. The predicted octanol–water partition coefficient (Wildman–Crippen LogP) is 2.70. The van der Waals surface area contributed by atoms with Crippen LogP contribution in [0.1, 0.15) is 36.6 Å². The summed E-state index contributed by atoms with van der Waals surface area (Å²) >= 11 is 0. The van der Waals surface area contributed by atoms with Crippen LogP contribution in [0, 0.1) is 0 Å². The Morgan fingerprint density at radius 2 is 2.00 bits per heavy atom. The molecule has 0 radical (unpaired) electrons. The zero-order valence-corrected chi connectivity index (χ0v) is 14.4. The summed E-state index contributed by atoms with van der Waals surface area (Å²) in [5, 5.41) is 4.49. The summed E-state index contributed by atoms with van der Waals surface area (Å²) in [6.45, 7) is 0.647. The van der Waals surface area contributed by atoms with E-state index in [9.17, 15) is 4.79 Å². The molecule has 0 N–H and O–H groups in total. The van der Waals surface area contributed by atoms with Gasteiger partial charge in [0.2, 0.25) is 0 Å². The first-order chi connectivity index (χ1) is 12.8. The van der Waals surface area contributed by atoms with Crippen molar-refractivity contribution >= 4 is 0 Å². The number of aromatic nitrogens is 4. The highest BCUT2D eigenvalue weighted by atomic mass is 16.5. The first-order valence-electron chi connectivity index (χ1n) is 9.15. The number of fused-ring (bicyclic) bond motifs is 1. The van der Waals surface area contributed by atoms with Gasteiger partial charge in [-0.05, 0) is 49.1 Å². The molecular formula is C20H20N4O2.